The number of hydrogen-bond donors (Lipinski definition) is 2. The second kappa shape index (κ2) is 4.42. The van der Waals surface area contributed by atoms with Crippen LogP contribution in [0.3, 0.4) is 0 Å². The van der Waals surface area contributed by atoms with Crippen molar-refractivity contribution in [2.45, 2.75) is 6.92 Å². The van der Waals surface area contributed by atoms with Crippen LogP contribution in [0.4, 0.5) is 10.6 Å². The van der Waals surface area contributed by atoms with Crippen molar-refractivity contribution in [1.82, 2.24) is 19.9 Å². The van der Waals surface area contributed by atoms with Crippen LogP contribution in [0.2, 0.25) is 0 Å². The quantitative estimate of drug-likeness (QED) is 0.802. The molecule has 1 saturated heterocycles. The van der Waals surface area contributed by atoms with Crippen LogP contribution in [-0.2, 0) is 0 Å². The van der Waals surface area contributed by atoms with Crippen molar-refractivity contribution in [3.8, 4) is 0 Å². The lowest BCUT2D eigenvalue weighted by Crippen LogP contribution is -2.48. The van der Waals surface area contributed by atoms with Crippen LogP contribution in [0.5, 0.6) is 0 Å². The maximum absolute atomic E-state index is 10.9. The van der Waals surface area contributed by atoms with E-state index in [0.717, 1.165) is 22.4 Å². The Morgan fingerprint density at radius 3 is 2.74 bits per heavy atom. The van der Waals surface area contributed by atoms with Crippen molar-refractivity contribution < 1.29 is 9.90 Å². The molecule has 2 aromatic rings. The van der Waals surface area contributed by atoms with Crippen LogP contribution in [0.1, 0.15) is 5.56 Å². The van der Waals surface area contributed by atoms with Gasteiger partial charge in [-0.3, -0.25) is 0 Å². The Hall–Kier alpha value is -2.31. The lowest BCUT2D eigenvalue weighted by Gasteiger charge is -2.34. The van der Waals surface area contributed by atoms with Crippen molar-refractivity contribution in [2.75, 3.05) is 31.1 Å². The van der Waals surface area contributed by atoms with E-state index in [0.29, 0.717) is 26.2 Å². The number of aromatic nitrogens is 3. The Morgan fingerprint density at radius 2 is 2.05 bits per heavy atom. The lowest BCUT2D eigenvalue weighted by molar-refractivity contribution is 0.142. The average Bonchev–Trinajstić information content (AvgIpc) is 2.81. The lowest BCUT2D eigenvalue weighted by atomic mass is 10.2. The van der Waals surface area contributed by atoms with E-state index in [2.05, 4.69) is 19.9 Å². The Labute approximate surface area is 109 Å². The highest BCUT2D eigenvalue weighted by molar-refractivity contribution is 5.90. The van der Waals surface area contributed by atoms with Crippen LogP contribution in [0.25, 0.3) is 11.0 Å². The van der Waals surface area contributed by atoms with Crippen molar-refractivity contribution in [3.05, 3.63) is 18.1 Å². The SMILES string of the molecule is Cc1c[nH]c2ncnc(N3CCN(C(=O)O)CC3)c12. The van der Waals surface area contributed by atoms with E-state index in [1.54, 1.807) is 0 Å². The largest absolute Gasteiger partial charge is 0.465 e. The molecule has 19 heavy (non-hydrogen) atoms. The molecule has 2 aromatic heterocycles. The summed E-state index contributed by atoms with van der Waals surface area (Å²) in [5.41, 5.74) is 1.93. The zero-order chi connectivity index (χ0) is 13.4. The third-order valence-corrected chi connectivity index (χ3v) is 3.50. The first-order valence-corrected chi connectivity index (χ1v) is 6.18. The van der Waals surface area contributed by atoms with E-state index in [4.69, 9.17) is 5.11 Å². The summed E-state index contributed by atoms with van der Waals surface area (Å²) in [6.45, 7) is 4.33. The van der Waals surface area contributed by atoms with E-state index in [1.165, 1.54) is 11.2 Å². The number of anilines is 1. The van der Waals surface area contributed by atoms with Gasteiger partial charge in [0, 0.05) is 32.4 Å². The molecule has 1 fully saturated rings. The molecular formula is C12H15N5O2. The first-order chi connectivity index (χ1) is 9.16. The number of aromatic amines is 1. The Balaban J connectivity index is 1.90. The fourth-order valence-corrected chi connectivity index (χ4v) is 2.45. The van der Waals surface area contributed by atoms with Crippen LogP contribution < -0.4 is 4.90 Å². The zero-order valence-corrected chi connectivity index (χ0v) is 10.6. The maximum Gasteiger partial charge on any atom is 0.407 e. The molecule has 2 N–H and O–H groups in total. The van der Waals surface area contributed by atoms with Crippen LogP contribution in [0, 0.1) is 6.92 Å². The molecule has 0 saturated carbocycles. The first kappa shape index (κ1) is 11.8. The van der Waals surface area contributed by atoms with Gasteiger partial charge in [-0.05, 0) is 12.5 Å². The summed E-state index contributed by atoms with van der Waals surface area (Å²) in [5, 5.41) is 9.97. The van der Waals surface area contributed by atoms with E-state index in [1.807, 2.05) is 13.1 Å². The number of carbonyl (C=O) groups is 1. The first-order valence-electron chi connectivity index (χ1n) is 6.18. The van der Waals surface area contributed by atoms with Gasteiger partial charge in [-0.25, -0.2) is 14.8 Å². The van der Waals surface area contributed by atoms with Gasteiger partial charge in [0.1, 0.15) is 17.8 Å². The third kappa shape index (κ3) is 1.96. The number of nitrogens with zero attached hydrogens (tertiary/aromatic N) is 4. The summed E-state index contributed by atoms with van der Waals surface area (Å²) in [6, 6.07) is 0. The fraction of sp³-hybridized carbons (Fsp3) is 0.417. The minimum Gasteiger partial charge on any atom is -0.465 e. The fourth-order valence-electron chi connectivity index (χ4n) is 2.45. The molecule has 0 aromatic carbocycles. The number of nitrogens with one attached hydrogen (secondary N) is 1. The number of fused-ring (bicyclic) bond motifs is 1. The standard InChI is InChI=1S/C12H15N5O2/c1-8-6-13-10-9(8)11(15-7-14-10)16-2-4-17(5-3-16)12(18)19/h6-7H,2-5H2,1H3,(H,18,19)(H,13,14,15). The van der Waals surface area contributed by atoms with Gasteiger partial charge in [0.25, 0.3) is 0 Å². The topological polar surface area (TPSA) is 85.4 Å². The number of aryl methyl sites for hydroxylation is 1. The molecule has 0 unspecified atom stereocenters. The summed E-state index contributed by atoms with van der Waals surface area (Å²) in [4.78, 5) is 26.1. The molecular weight excluding hydrogens is 246 g/mol. The van der Waals surface area contributed by atoms with Crippen LogP contribution in [-0.4, -0.2) is 57.2 Å². The molecule has 0 bridgehead atoms. The maximum atomic E-state index is 10.9. The van der Waals surface area contributed by atoms with Gasteiger partial charge < -0.3 is 19.9 Å². The second-order valence-electron chi connectivity index (χ2n) is 4.65. The Bertz CT molecular complexity index is 616. The minimum absolute atomic E-state index is 0.504. The smallest absolute Gasteiger partial charge is 0.407 e. The van der Waals surface area contributed by atoms with E-state index in [-0.39, 0.29) is 0 Å². The molecule has 100 valence electrons. The Kier molecular flexibility index (Phi) is 2.73. The molecule has 3 heterocycles. The molecule has 1 amide bonds. The highest BCUT2D eigenvalue weighted by atomic mass is 16.4. The van der Waals surface area contributed by atoms with Gasteiger partial charge in [0.2, 0.25) is 0 Å². The molecule has 1 aliphatic rings. The predicted molar refractivity (Wildman–Crippen MR) is 70.4 cm³/mol. The van der Waals surface area contributed by atoms with Gasteiger partial charge in [-0.15, -0.1) is 0 Å². The highest BCUT2D eigenvalue weighted by Gasteiger charge is 2.23. The Morgan fingerprint density at radius 1 is 1.32 bits per heavy atom. The van der Waals surface area contributed by atoms with Crippen molar-refractivity contribution in [3.63, 3.8) is 0 Å². The van der Waals surface area contributed by atoms with E-state index in [9.17, 15) is 4.79 Å². The number of carboxylic acid groups (broad SMARTS) is 1. The molecule has 7 nitrogen and oxygen atoms in total. The summed E-state index contributed by atoms with van der Waals surface area (Å²) in [5.74, 6) is 0.883. The van der Waals surface area contributed by atoms with E-state index < -0.39 is 6.09 Å². The number of hydrogen-bond acceptors (Lipinski definition) is 4. The molecule has 1 aliphatic heterocycles. The second-order valence-corrected chi connectivity index (χ2v) is 4.65. The summed E-state index contributed by atoms with van der Waals surface area (Å²) < 4.78 is 0. The average molecular weight is 261 g/mol. The van der Waals surface area contributed by atoms with Gasteiger partial charge in [0.05, 0.1) is 5.39 Å². The van der Waals surface area contributed by atoms with Crippen LogP contribution >= 0.6 is 0 Å². The van der Waals surface area contributed by atoms with Crippen molar-refractivity contribution in [2.24, 2.45) is 0 Å². The highest BCUT2D eigenvalue weighted by Crippen LogP contribution is 2.26. The molecule has 0 radical (unpaired) electrons. The molecule has 0 aliphatic carbocycles. The molecule has 0 spiro atoms. The van der Waals surface area contributed by atoms with Crippen molar-refractivity contribution in [1.29, 1.82) is 0 Å². The minimum atomic E-state index is -0.856. The summed E-state index contributed by atoms with van der Waals surface area (Å²) >= 11 is 0. The molecule has 7 heteroatoms. The third-order valence-electron chi connectivity index (χ3n) is 3.50. The van der Waals surface area contributed by atoms with Gasteiger partial charge in [0.15, 0.2) is 0 Å². The number of amides is 1. The number of H-pyrrole nitrogens is 1. The number of piperazine rings is 1. The van der Waals surface area contributed by atoms with Crippen molar-refractivity contribution >= 4 is 22.9 Å². The summed E-state index contributed by atoms with van der Waals surface area (Å²) in [6.07, 6.45) is 2.60. The van der Waals surface area contributed by atoms with Gasteiger partial charge >= 0.3 is 6.09 Å². The van der Waals surface area contributed by atoms with Gasteiger partial charge in [-0.2, -0.15) is 0 Å². The zero-order valence-electron chi connectivity index (χ0n) is 10.6. The van der Waals surface area contributed by atoms with E-state index >= 15 is 0 Å². The van der Waals surface area contributed by atoms with Crippen LogP contribution in [0.15, 0.2) is 12.5 Å². The molecule has 3 rings (SSSR count). The normalized spacial score (nSPS) is 16.1. The monoisotopic (exact) mass is 261 g/mol. The predicted octanol–water partition coefficient (Wildman–Crippen LogP) is 1.07. The number of rotatable bonds is 1. The summed E-state index contributed by atoms with van der Waals surface area (Å²) in [7, 11) is 0. The van der Waals surface area contributed by atoms with Gasteiger partial charge in [-0.1, -0.05) is 0 Å². The molecule has 0 atom stereocenters.